The lowest BCUT2D eigenvalue weighted by Crippen LogP contribution is -2.37. The molecule has 2 aromatic carbocycles. The molecule has 0 radical (unpaired) electrons. The minimum Gasteiger partial charge on any atom is -0.325 e. The summed E-state index contributed by atoms with van der Waals surface area (Å²) in [5.41, 5.74) is 1.60. The van der Waals surface area contributed by atoms with Crippen LogP contribution in [-0.2, 0) is 14.6 Å². The Kier molecular flexibility index (Phi) is 3.94. The molecule has 0 saturated heterocycles. The molecule has 0 unspecified atom stereocenters. The van der Waals surface area contributed by atoms with Crippen molar-refractivity contribution in [3.05, 3.63) is 59.1 Å². The van der Waals surface area contributed by atoms with Gasteiger partial charge >= 0.3 is 0 Å². The van der Waals surface area contributed by atoms with Crippen molar-refractivity contribution in [2.75, 3.05) is 5.32 Å². The summed E-state index contributed by atoms with van der Waals surface area (Å²) in [5, 5.41) is 3.19. The van der Waals surface area contributed by atoms with E-state index in [0.29, 0.717) is 23.6 Å². The van der Waals surface area contributed by atoms with E-state index in [1.807, 2.05) is 25.1 Å². The number of hydrogen-bond acceptors (Lipinski definition) is 3. The van der Waals surface area contributed by atoms with E-state index < -0.39 is 20.5 Å². The highest BCUT2D eigenvalue weighted by Crippen LogP contribution is 2.47. The lowest BCUT2D eigenvalue weighted by Gasteiger charge is -2.16. The largest absolute Gasteiger partial charge is 0.325 e. The molecule has 1 fully saturated rings. The molecular formula is C17H16ClNO3S. The molecule has 0 bridgehead atoms. The van der Waals surface area contributed by atoms with Gasteiger partial charge in [0.1, 0.15) is 0 Å². The monoisotopic (exact) mass is 349 g/mol. The van der Waals surface area contributed by atoms with Gasteiger partial charge in [-0.05, 0) is 61.7 Å². The van der Waals surface area contributed by atoms with Crippen LogP contribution in [0, 0.1) is 6.92 Å². The van der Waals surface area contributed by atoms with E-state index in [9.17, 15) is 13.2 Å². The maximum atomic E-state index is 12.8. The van der Waals surface area contributed by atoms with Crippen LogP contribution in [0.25, 0.3) is 0 Å². The van der Waals surface area contributed by atoms with Crippen LogP contribution in [0.15, 0.2) is 53.4 Å². The number of carbonyl (C=O) groups is 1. The molecule has 0 heterocycles. The number of carbonyl (C=O) groups excluding carboxylic acids is 1. The first-order valence-corrected chi connectivity index (χ1v) is 9.10. The van der Waals surface area contributed by atoms with Gasteiger partial charge in [-0.25, -0.2) is 8.42 Å². The second-order valence-electron chi connectivity index (χ2n) is 5.78. The summed E-state index contributed by atoms with van der Waals surface area (Å²) in [6, 6.07) is 13.2. The minimum atomic E-state index is -3.74. The van der Waals surface area contributed by atoms with Gasteiger partial charge in [-0.1, -0.05) is 23.7 Å². The quantitative estimate of drug-likeness (QED) is 0.917. The number of aryl methyl sites for hydroxylation is 1. The third-order valence-electron chi connectivity index (χ3n) is 4.03. The molecule has 1 aliphatic carbocycles. The molecule has 1 aliphatic rings. The van der Waals surface area contributed by atoms with Gasteiger partial charge in [-0.3, -0.25) is 4.79 Å². The van der Waals surface area contributed by atoms with Gasteiger partial charge in [0.05, 0.1) is 4.90 Å². The number of hydrogen-bond donors (Lipinski definition) is 1. The molecule has 1 N–H and O–H groups in total. The van der Waals surface area contributed by atoms with Crippen LogP contribution < -0.4 is 5.32 Å². The van der Waals surface area contributed by atoms with Crippen molar-refractivity contribution in [3.63, 3.8) is 0 Å². The van der Waals surface area contributed by atoms with Gasteiger partial charge in [-0.15, -0.1) is 0 Å². The van der Waals surface area contributed by atoms with E-state index in [2.05, 4.69) is 5.32 Å². The second kappa shape index (κ2) is 5.65. The van der Waals surface area contributed by atoms with Crippen molar-refractivity contribution < 1.29 is 13.2 Å². The third kappa shape index (κ3) is 2.86. The highest BCUT2D eigenvalue weighted by atomic mass is 35.5. The van der Waals surface area contributed by atoms with Crippen LogP contribution in [0.4, 0.5) is 5.69 Å². The van der Waals surface area contributed by atoms with Gasteiger partial charge in [0, 0.05) is 10.7 Å². The van der Waals surface area contributed by atoms with Crippen LogP contribution >= 0.6 is 11.6 Å². The SMILES string of the molecule is Cc1cccc(NC(=O)C2(S(=O)(=O)c3ccc(Cl)cc3)CC2)c1. The first kappa shape index (κ1) is 16.0. The molecule has 0 spiro atoms. The Balaban J connectivity index is 1.89. The van der Waals surface area contributed by atoms with Gasteiger partial charge in [-0.2, -0.15) is 0 Å². The fourth-order valence-corrected chi connectivity index (χ4v) is 4.54. The number of rotatable bonds is 4. The van der Waals surface area contributed by atoms with E-state index in [1.54, 1.807) is 6.07 Å². The smallest absolute Gasteiger partial charge is 0.246 e. The number of benzene rings is 2. The molecule has 4 nitrogen and oxygen atoms in total. The Hall–Kier alpha value is -1.85. The van der Waals surface area contributed by atoms with E-state index in [-0.39, 0.29) is 4.90 Å². The summed E-state index contributed by atoms with van der Waals surface area (Å²) in [4.78, 5) is 12.7. The first-order chi connectivity index (χ1) is 10.8. The number of halogens is 1. The molecular weight excluding hydrogens is 334 g/mol. The molecule has 3 rings (SSSR count). The second-order valence-corrected chi connectivity index (χ2v) is 8.47. The number of anilines is 1. The summed E-state index contributed by atoms with van der Waals surface area (Å²) < 4.78 is 24.3. The molecule has 6 heteroatoms. The Labute approximate surface area is 140 Å². The van der Waals surface area contributed by atoms with E-state index in [4.69, 9.17) is 11.6 Å². The van der Waals surface area contributed by atoms with Crippen molar-refractivity contribution in [2.24, 2.45) is 0 Å². The normalized spacial score (nSPS) is 15.9. The number of amides is 1. The lowest BCUT2D eigenvalue weighted by molar-refractivity contribution is -0.116. The lowest BCUT2D eigenvalue weighted by atomic mass is 10.2. The first-order valence-electron chi connectivity index (χ1n) is 7.23. The van der Waals surface area contributed by atoms with Crippen molar-refractivity contribution in [2.45, 2.75) is 29.4 Å². The van der Waals surface area contributed by atoms with Crippen molar-refractivity contribution in [1.29, 1.82) is 0 Å². The fraction of sp³-hybridized carbons (Fsp3) is 0.235. The standard InChI is InChI=1S/C17H16ClNO3S/c1-12-3-2-4-14(11-12)19-16(20)17(9-10-17)23(21,22)15-7-5-13(18)6-8-15/h2-8,11H,9-10H2,1H3,(H,19,20). The summed E-state index contributed by atoms with van der Waals surface area (Å²) in [6.45, 7) is 1.91. The van der Waals surface area contributed by atoms with Crippen LogP contribution in [0.1, 0.15) is 18.4 Å². The molecule has 0 atom stereocenters. The predicted molar refractivity (Wildman–Crippen MR) is 90.4 cm³/mol. The van der Waals surface area contributed by atoms with Crippen molar-refractivity contribution in [1.82, 2.24) is 0 Å². The molecule has 1 amide bonds. The zero-order chi connectivity index (χ0) is 16.7. The molecule has 0 aliphatic heterocycles. The van der Waals surface area contributed by atoms with Gasteiger partial charge in [0.15, 0.2) is 14.6 Å². The Bertz CT molecular complexity index is 856. The zero-order valence-electron chi connectivity index (χ0n) is 12.5. The zero-order valence-corrected chi connectivity index (χ0v) is 14.1. The predicted octanol–water partition coefficient (Wildman–Crippen LogP) is 3.59. The Morgan fingerprint density at radius 3 is 2.35 bits per heavy atom. The highest BCUT2D eigenvalue weighted by molar-refractivity contribution is 7.94. The van der Waals surface area contributed by atoms with Crippen LogP contribution in [0.2, 0.25) is 5.02 Å². The van der Waals surface area contributed by atoms with Crippen molar-refractivity contribution in [3.8, 4) is 0 Å². The van der Waals surface area contributed by atoms with Gasteiger partial charge in [0.25, 0.3) is 0 Å². The van der Waals surface area contributed by atoms with E-state index >= 15 is 0 Å². The summed E-state index contributed by atoms with van der Waals surface area (Å²) in [6.07, 6.45) is 0.658. The van der Waals surface area contributed by atoms with Gasteiger partial charge in [0.2, 0.25) is 5.91 Å². The molecule has 120 valence electrons. The van der Waals surface area contributed by atoms with E-state index in [0.717, 1.165) is 5.56 Å². The summed E-state index contributed by atoms with van der Waals surface area (Å²) >= 11 is 5.80. The maximum absolute atomic E-state index is 12.8. The highest BCUT2D eigenvalue weighted by Gasteiger charge is 2.61. The number of nitrogens with one attached hydrogen (secondary N) is 1. The topological polar surface area (TPSA) is 63.2 Å². The minimum absolute atomic E-state index is 0.124. The van der Waals surface area contributed by atoms with Gasteiger partial charge < -0.3 is 5.32 Å². The Morgan fingerprint density at radius 2 is 1.78 bits per heavy atom. The molecule has 2 aromatic rings. The van der Waals surface area contributed by atoms with Crippen LogP contribution in [0.5, 0.6) is 0 Å². The molecule has 1 saturated carbocycles. The maximum Gasteiger partial charge on any atom is 0.246 e. The average Bonchev–Trinajstić information content (AvgIpc) is 3.30. The average molecular weight is 350 g/mol. The molecule has 23 heavy (non-hydrogen) atoms. The van der Waals surface area contributed by atoms with Crippen LogP contribution in [-0.4, -0.2) is 19.1 Å². The summed E-state index contributed by atoms with van der Waals surface area (Å²) in [7, 11) is -3.74. The Morgan fingerprint density at radius 1 is 1.13 bits per heavy atom. The number of sulfone groups is 1. The van der Waals surface area contributed by atoms with E-state index in [1.165, 1.54) is 24.3 Å². The summed E-state index contributed by atoms with van der Waals surface area (Å²) in [5.74, 6) is -0.474. The molecule has 0 aromatic heterocycles. The van der Waals surface area contributed by atoms with Crippen molar-refractivity contribution >= 4 is 33.0 Å². The third-order valence-corrected chi connectivity index (χ3v) is 6.80. The van der Waals surface area contributed by atoms with Crippen LogP contribution in [0.3, 0.4) is 0 Å². The fourth-order valence-electron chi connectivity index (χ4n) is 2.54.